The van der Waals surface area contributed by atoms with Gasteiger partial charge in [0.1, 0.15) is 5.82 Å². The monoisotopic (exact) mass is 356 g/mol. The van der Waals surface area contributed by atoms with E-state index in [9.17, 15) is 17.6 Å². The highest BCUT2D eigenvalue weighted by molar-refractivity contribution is 7.88. The Morgan fingerprint density at radius 2 is 1.92 bits per heavy atom. The fourth-order valence-electron chi connectivity index (χ4n) is 3.17. The maximum absolute atomic E-state index is 13.5. The van der Waals surface area contributed by atoms with Gasteiger partial charge in [0.05, 0.1) is 12.7 Å². The van der Waals surface area contributed by atoms with E-state index in [1.165, 1.54) is 16.6 Å². The quantitative estimate of drug-likeness (QED) is 0.813. The second-order valence-electron chi connectivity index (χ2n) is 6.28. The largest absolute Gasteiger partial charge is 0.354 e. The van der Waals surface area contributed by atoms with Crippen molar-refractivity contribution in [3.05, 3.63) is 35.6 Å². The minimum atomic E-state index is -3.31. The summed E-state index contributed by atoms with van der Waals surface area (Å²) in [5.74, 6) is -0.718. The van der Waals surface area contributed by atoms with Crippen molar-refractivity contribution in [2.75, 3.05) is 19.3 Å². The van der Waals surface area contributed by atoms with Gasteiger partial charge in [-0.1, -0.05) is 37.5 Å². The third-order valence-electron chi connectivity index (χ3n) is 4.37. The van der Waals surface area contributed by atoms with Crippen LogP contribution in [0.5, 0.6) is 0 Å². The van der Waals surface area contributed by atoms with E-state index in [0.717, 1.165) is 32.1 Å². The van der Waals surface area contributed by atoms with E-state index in [2.05, 4.69) is 5.32 Å². The van der Waals surface area contributed by atoms with Crippen LogP contribution in [0.2, 0.25) is 0 Å². The van der Waals surface area contributed by atoms with Gasteiger partial charge in [-0.25, -0.2) is 12.8 Å². The van der Waals surface area contributed by atoms with Crippen LogP contribution in [0, 0.1) is 5.82 Å². The summed E-state index contributed by atoms with van der Waals surface area (Å²) in [6, 6.07) is 6.17. The Balaban J connectivity index is 1.86. The molecule has 0 heterocycles. The van der Waals surface area contributed by atoms with Crippen LogP contribution < -0.4 is 5.32 Å². The maximum Gasteiger partial charge on any atom is 0.224 e. The van der Waals surface area contributed by atoms with Gasteiger partial charge in [-0.15, -0.1) is 0 Å². The molecule has 134 valence electrons. The maximum atomic E-state index is 13.5. The van der Waals surface area contributed by atoms with Crippen LogP contribution in [-0.2, 0) is 21.2 Å². The smallest absolute Gasteiger partial charge is 0.224 e. The van der Waals surface area contributed by atoms with Gasteiger partial charge in [0.2, 0.25) is 15.9 Å². The van der Waals surface area contributed by atoms with Crippen LogP contribution in [0.25, 0.3) is 0 Å². The minimum Gasteiger partial charge on any atom is -0.354 e. The number of hydrogen-bond donors (Lipinski definition) is 1. The third-order valence-corrected chi connectivity index (χ3v) is 5.70. The minimum absolute atomic E-state index is 0.0252. The summed E-state index contributed by atoms with van der Waals surface area (Å²) in [5.41, 5.74) is 0.335. The lowest BCUT2D eigenvalue weighted by Crippen LogP contribution is -2.45. The molecule has 1 N–H and O–H groups in total. The van der Waals surface area contributed by atoms with Crippen LogP contribution >= 0.6 is 0 Å². The zero-order valence-electron chi connectivity index (χ0n) is 14.0. The first-order chi connectivity index (χ1) is 11.4. The number of nitrogens with zero attached hydrogens (tertiary/aromatic N) is 1. The Labute approximate surface area is 143 Å². The molecule has 7 heteroatoms. The van der Waals surface area contributed by atoms with Gasteiger partial charge in [0.15, 0.2) is 0 Å². The molecule has 1 aliphatic rings. The van der Waals surface area contributed by atoms with Crippen molar-refractivity contribution in [3.63, 3.8) is 0 Å². The molecule has 0 saturated heterocycles. The molecule has 0 unspecified atom stereocenters. The number of nitrogens with one attached hydrogen (secondary N) is 1. The van der Waals surface area contributed by atoms with E-state index in [1.807, 2.05) is 0 Å². The van der Waals surface area contributed by atoms with Crippen molar-refractivity contribution in [1.82, 2.24) is 9.62 Å². The highest BCUT2D eigenvalue weighted by Crippen LogP contribution is 2.24. The predicted octanol–water partition coefficient (Wildman–Crippen LogP) is 2.08. The molecule has 1 aromatic rings. The molecular formula is C17H25FN2O3S. The fourth-order valence-corrected chi connectivity index (χ4v) is 4.35. The normalized spacial score (nSPS) is 16.3. The zero-order chi connectivity index (χ0) is 17.6. The predicted molar refractivity (Wildman–Crippen MR) is 91.5 cm³/mol. The lowest BCUT2D eigenvalue weighted by atomic mass is 9.95. The summed E-state index contributed by atoms with van der Waals surface area (Å²) in [5, 5.41) is 2.69. The first-order valence-corrected chi connectivity index (χ1v) is 10.2. The van der Waals surface area contributed by atoms with E-state index in [1.54, 1.807) is 18.2 Å². The number of rotatable bonds is 7. The molecule has 0 aromatic heterocycles. The van der Waals surface area contributed by atoms with Gasteiger partial charge in [-0.05, 0) is 24.5 Å². The van der Waals surface area contributed by atoms with Crippen LogP contribution in [0.4, 0.5) is 4.39 Å². The van der Waals surface area contributed by atoms with Gasteiger partial charge in [0.25, 0.3) is 0 Å². The Morgan fingerprint density at radius 1 is 1.25 bits per heavy atom. The van der Waals surface area contributed by atoms with E-state index >= 15 is 0 Å². The number of carbonyl (C=O) groups is 1. The van der Waals surface area contributed by atoms with Crippen molar-refractivity contribution in [2.24, 2.45) is 0 Å². The first kappa shape index (κ1) is 18.9. The second-order valence-corrected chi connectivity index (χ2v) is 8.22. The standard InChI is InChI=1S/C17H25FN2O3S/c1-24(22,23)20(15-8-3-2-4-9-15)12-11-19-17(21)13-14-7-5-6-10-16(14)18/h5-7,10,15H,2-4,8-9,11-13H2,1H3,(H,19,21). The molecule has 0 spiro atoms. The molecule has 2 rings (SSSR count). The Hall–Kier alpha value is -1.47. The average Bonchev–Trinajstić information content (AvgIpc) is 2.53. The molecule has 5 nitrogen and oxygen atoms in total. The SMILES string of the molecule is CS(=O)(=O)N(CCNC(=O)Cc1ccccc1F)C1CCCCC1. The summed E-state index contributed by atoms with van der Waals surface area (Å²) in [4.78, 5) is 11.9. The summed E-state index contributed by atoms with van der Waals surface area (Å²) in [6.45, 7) is 0.489. The van der Waals surface area contributed by atoms with E-state index in [0.29, 0.717) is 5.56 Å². The Kier molecular flexibility index (Phi) is 6.74. The lowest BCUT2D eigenvalue weighted by Gasteiger charge is -2.32. The molecule has 24 heavy (non-hydrogen) atoms. The topological polar surface area (TPSA) is 66.5 Å². The van der Waals surface area contributed by atoms with Crippen LogP contribution in [0.1, 0.15) is 37.7 Å². The number of halogens is 1. The van der Waals surface area contributed by atoms with Crippen molar-refractivity contribution in [1.29, 1.82) is 0 Å². The lowest BCUT2D eigenvalue weighted by molar-refractivity contribution is -0.120. The zero-order valence-corrected chi connectivity index (χ0v) is 14.8. The summed E-state index contributed by atoms with van der Waals surface area (Å²) >= 11 is 0. The highest BCUT2D eigenvalue weighted by Gasteiger charge is 2.27. The second kappa shape index (κ2) is 8.58. The fraction of sp³-hybridized carbons (Fsp3) is 0.588. The molecule has 0 aliphatic heterocycles. The van der Waals surface area contributed by atoms with Gasteiger partial charge in [0, 0.05) is 19.1 Å². The molecule has 1 amide bonds. The number of carbonyl (C=O) groups excluding carboxylic acids is 1. The number of sulfonamides is 1. The summed E-state index contributed by atoms with van der Waals surface area (Å²) in [6.07, 6.45) is 6.13. The van der Waals surface area contributed by atoms with Crippen molar-refractivity contribution < 1.29 is 17.6 Å². The third kappa shape index (κ3) is 5.56. The first-order valence-electron chi connectivity index (χ1n) is 8.35. The highest BCUT2D eigenvalue weighted by atomic mass is 32.2. The molecule has 0 bridgehead atoms. The van der Waals surface area contributed by atoms with Crippen LogP contribution in [0.3, 0.4) is 0 Å². The molecular weight excluding hydrogens is 331 g/mol. The van der Waals surface area contributed by atoms with E-state index < -0.39 is 15.8 Å². The van der Waals surface area contributed by atoms with E-state index in [4.69, 9.17) is 0 Å². The van der Waals surface area contributed by atoms with Crippen LogP contribution in [0.15, 0.2) is 24.3 Å². The Morgan fingerprint density at radius 3 is 2.54 bits per heavy atom. The molecule has 0 radical (unpaired) electrons. The number of amides is 1. The average molecular weight is 356 g/mol. The number of hydrogen-bond acceptors (Lipinski definition) is 3. The van der Waals surface area contributed by atoms with Gasteiger partial charge in [-0.3, -0.25) is 4.79 Å². The van der Waals surface area contributed by atoms with Gasteiger partial charge in [-0.2, -0.15) is 4.31 Å². The summed E-state index contributed by atoms with van der Waals surface area (Å²) < 4.78 is 39.0. The molecule has 1 saturated carbocycles. The molecule has 0 atom stereocenters. The van der Waals surface area contributed by atoms with Crippen LogP contribution in [-0.4, -0.2) is 44.0 Å². The molecule has 1 aromatic carbocycles. The Bertz CT molecular complexity index is 658. The van der Waals surface area contributed by atoms with Crippen molar-refractivity contribution in [2.45, 2.75) is 44.6 Å². The number of benzene rings is 1. The summed E-state index contributed by atoms with van der Waals surface area (Å²) in [7, 11) is -3.31. The molecule has 1 fully saturated rings. The molecule has 1 aliphatic carbocycles. The van der Waals surface area contributed by atoms with Gasteiger partial charge >= 0.3 is 0 Å². The van der Waals surface area contributed by atoms with Crippen molar-refractivity contribution >= 4 is 15.9 Å². The van der Waals surface area contributed by atoms with E-state index in [-0.39, 0.29) is 31.5 Å². The van der Waals surface area contributed by atoms with Gasteiger partial charge < -0.3 is 5.32 Å². The van der Waals surface area contributed by atoms with Crippen molar-refractivity contribution in [3.8, 4) is 0 Å².